The number of nitrogens with zero attached hydrogens (tertiary/aromatic N) is 2. The third-order valence-corrected chi connectivity index (χ3v) is 4.00. The lowest BCUT2D eigenvalue weighted by atomic mass is 9.92. The number of likely N-dealkylation sites (tertiary alicyclic amines) is 1. The Hall–Kier alpha value is -1.04. The molecule has 3 atom stereocenters. The van der Waals surface area contributed by atoms with E-state index in [4.69, 9.17) is 5.73 Å². The highest BCUT2D eigenvalue weighted by atomic mass is 19.1. The minimum absolute atomic E-state index is 0.196. The molecule has 0 amide bonds. The minimum Gasteiger partial charge on any atom is -0.389 e. The Morgan fingerprint density at radius 3 is 2.90 bits per heavy atom. The molecule has 2 heterocycles. The molecule has 0 spiro atoms. The first-order chi connectivity index (χ1) is 9.37. The lowest BCUT2D eigenvalue weighted by Crippen LogP contribution is -2.48. The summed E-state index contributed by atoms with van der Waals surface area (Å²) in [7, 11) is 0. The van der Waals surface area contributed by atoms with E-state index < -0.39 is 5.60 Å². The summed E-state index contributed by atoms with van der Waals surface area (Å²) in [5.74, 6) is -0.150. The van der Waals surface area contributed by atoms with E-state index in [1.165, 1.54) is 12.3 Å². The Labute approximate surface area is 119 Å². The van der Waals surface area contributed by atoms with Gasteiger partial charge in [0.2, 0.25) is 0 Å². The fourth-order valence-electron chi connectivity index (χ4n) is 2.88. The number of β-amino-alcohol motifs (C(OH)–C–C–N with tert-alkyl or cyclic N) is 1. The number of rotatable bonds is 4. The molecule has 0 aromatic carbocycles. The highest BCUT2D eigenvalue weighted by Crippen LogP contribution is 2.24. The molecule has 1 fully saturated rings. The van der Waals surface area contributed by atoms with Gasteiger partial charge in [-0.05, 0) is 44.4 Å². The van der Waals surface area contributed by atoms with E-state index in [9.17, 15) is 9.50 Å². The molecule has 1 aromatic heterocycles. The van der Waals surface area contributed by atoms with E-state index in [2.05, 4.69) is 16.8 Å². The first kappa shape index (κ1) is 15.4. The summed E-state index contributed by atoms with van der Waals surface area (Å²) in [5, 5.41) is 10.1. The van der Waals surface area contributed by atoms with E-state index in [0.717, 1.165) is 25.9 Å². The molecule has 1 saturated heterocycles. The average molecular weight is 281 g/mol. The predicted molar refractivity (Wildman–Crippen MR) is 76.6 cm³/mol. The van der Waals surface area contributed by atoms with Gasteiger partial charge in [0.25, 0.3) is 0 Å². The van der Waals surface area contributed by atoms with Crippen LogP contribution in [0.15, 0.2) is 18.3 Å². The van der Waals surface area contributed by atoms with E-state index >= 15 is 0 Å². The van der Waals surface area contributed by atoms with Crippen molar-refractivity contribution in [2.45, 2.75) is 38.3 Å². The van der Waals surface area contributed by atoms with Crippen LogP contribution in [-0.4, -0.2) is 40.2 Å². The van der Waals surface area contributed by atoms with Crippen LogP contribution in [0.5, 0.6) is 0 Å². The molecule has 5 heteroatoms. The summed E-state index contributed by atoms with van der Waals surface area (Å²) in [6.07, 6.45) is 3.06. The summed E-state index contributed by atoms with van der Waals surface area (Å²) in [4.78, 5) is 6.30. The number of hydrogen-bond donors (Lipinski definition) is 2. The van der Waals surface area contributed by atoms with Crippen LogP contribution in [0.4, 0.5) is 4.39 Å². The molecule has 2 rings (SSSR count). The number of pyridine rings is 1. The lowest BCUT2D eigenvalue weighted by molar-refractivity contribution is -0.0202. The molecule has 0 bridgehead atoms. The van der Waals surface area contributed by atoms with Crippen molar-refractivity contribution in [3.8, 4) is 0 Å². The smallest absolute Gasteiger partial charge is 0.141 e. The van der Waals surface area contributed by atoms with Crippen LogP contribution in [0.1, 0.15) is 38.4 Å². The van der Waals surface area contributed by atoms with Gasteiger partial charge in [0, 0.05) is 13.1 Å². The standard InChI is InChI=1S/C15H24FN3O/c1-11(9-19-7-3-6-15(2,20)10-19)14(17)13-5-4-12(16)8-18-13/h4-5,8,11,14,20H,3,6-7,9-10,17H2,1-2H3. The summed E-state index contributed by atoms with van der Waals surface area (Å²) < 4.78 is 12.9. The van der Waals surface area contributed by atoms with Crippen molar-refractivity contribution in [3.05, 3.63) is 29.8 Å². The molecule has 0 radical (unpaired) electrons. The molecule has 3 unspecified atom stereocenters. The second-order valence-corrected chi connectivity index (χ2v) is 6.24. The summed E-state index contributed by atoms with van der Waals surface area (Å²) in [5.41, 5.74) is 6.31. The summed E-state index contributed by atoms with van der Waals surface area (Å²) in [6.45, 7) is 6.44. The number of aliphatic hydroxyl groups is 1. The van der Waals surface area contributed by atoms with Gasteiger partial charge in [-0.15, -0.1) is 0 Å². The SMILES string of the molecule is CC(CN1CCCC(C)(O)C1)C(N)c1ccc(F)cn1. The Morgan fingerprint density at radius 1 is 1.55 bits per heavy atom. The third kappa shape index (κ3) is 3.98. The molecule has 20 heavy (non-hydrogen) atoms. The molecule has 0 aliphatic carbocycles. The normalized spacial score (nSPS) is 27.2. The largest absolute Gasteiger partial charge is 0.389 e. The average Bonchev–Trinajstić information content (AvgIpc) is 2.37. The van der Waals surface area contributed by atoms with Gasteiger partial charge in [0.1, 0.15) is 5.82 Å². The lowest BCUT2D eigenvalue weighted by Gasteiger charge is -2.38. The topological polar surface area (TPSA) is 62.4 Å². The van der Waals surface area contributed by atoms with Crippen molar-refractivity contribution in [2.24, 2.45) is 11.7 Å². The molecule has 1 aromatic rings. The van der Waals surface area contributed by atoms with Gasteiger partial charge in [0.15, 0.2) is 0 Å². The van der Waals surface area contributed by atoms with Gasteiger partial charge in [-0.3, -0.25) is 4.98 Å². The summed E-state index contributed by atoms with van der Waals surface area (Å²) in [6, 6.07) is 2.81. The van der Waals surface area contributed by atoms with Gasteiger partial charge in [-0.2, -0.15) is 0 Å². The molecular formula is C15H24FN3O. The van der Waals surface area contributed by atoms with Crippen molar-refractivity contribution < 1.29 is 9.50 Å². The number of hydrogen-bond acceptors (Lipinski definition) is 4. The molecule has 1 aliphatic heterocycles. The number of aromatic nitrogens is 1. The van der Waals surface area contributed by atoms with Crippen LogP contribution >= 0.6 is 0 Å². The fourth-order valence-corrected chi connectivity index (χ4v) is 2.88. The van der Waals surface area contributed by atoms with Crippen molar-refractivity contribution in [1.82, 2.24) is 9.88 Å². The monoisotopic (exact) mass is 281 g/mol. The van der Waals surface area contributed by atoms with E-state index in [1.807, 2.05) is 6.92 Å². The van der Waals surface area contributed by atoms with Crippen molar-refractivity contribution >= 4 is 0 Å². The molecule has 0 saturated carbocycles. The maximum atomic E-state index is 12.9. The van der Waals surface area contributed by atoms with Crippen LogP contribution < -0.4 is 5.73 Å². The van der Waals surface area contributed by atoms with Crippen molar-refractivity contribution in [3.63, 3.8) is 0 Å². The molecule has 112 valence electrons. The van der Waals surface area contributed by atoms with Gasteiger partial charge < -0.3 is 15.7 Å². The fraction of sp³-hybridized carbons (Fsp3) is 0.667. The van der Waals surface area contributed by atoms with Gasteiger partial charge in [-0.1, -0.05) is 6.92 Å². The van der Waals surface area contributed by atoms with Crippen molar-refractivity contribution in [2.75, 3.05) is 19.6 Å². The maximum Gasteiger partial charge on any atom is 0.141 e. The zero-order valence-corrected chi connectivity index (χ0v) is 12.2. The molecule has 4 nitrogen and oxygen atoms in total. The second kappa shape index (κ2) is 6.16. The number of nitrogens with two attached hydrogens (primary N) is 1. The molecule has 1 aliphatic rings. The third-order valence-electron chi connectivity index (χ3n) is 4.00. The van der Waals surface area contributed by atoms with E-state index in [-0.39, 0.29) is 17.8 Å². The Kier molecular flexibility index (Phi) is 4.73. The van der Waals surface area contributed by atoms with E-state index in [1.54, 1.807) is 6.07 Å². The molecular weight excluding hydrogens is 257 g/mol. The highest BCUT2D eigenvalue weighted by molar-refractivity contribution is 5.10. The Balaban J connectivity index is 1.93. The predicted octanol–water partition coefficient (Wildman–Crippen LogP) is 1.70. The zero-order chi connectivity index (χ0) is 14.8. The minimum atomic E-state index is -0.601. The quantitative estimate of drug-likeness (QED) is 0.882. The summed E-state index contributed by atoms with van der Waals surface area (Å²) >= 11 is 0. The molecule has 3 N–H and O–H groups in total. The van der Waals surface area contributed by atoms with Gasteiger partial charge >= 0.3 is 0 Å². The van der Waals surface area contributed by atoms with Crippen LogP contribution in [0.3, 0.4) is 0 Å². The van der Waals surface area contributed by atoms with Crippen LogP contribution in [0.2, 0.25) is 0 Å². The zero-order valence-electron chi connectivity index (χ0n) is 12.2. The van der Waals surface area contributed by atoms with Gasteiger partial charge in [0.05, 0.1) is 23.5 Å². The number of halogens is 1. The highest BCUT2D eigenvalue weighted by Gasteiger charge is 2.30. The first-order valence-electron chi connectivity index (χ1n) is 7.19. The first-order valence-corrected chi connectivity index (χ1v) is 7.19. The Bertz CT molecular complexity index is 435. The second-order valence-electron chi connectivity index (χ2n) is 6.24. The van der Waals surface area contributed by atoms with Gasteiger partial charge in [-0.25, -0.2) is 4.39 Å². The maximum absolute atomic E-state index is 12.9. The van der Waals surface area contributed by atoms with Crippen LogP contribution in [0, 0.1) is 11.7 Å². The van der Waals surface area contributed by atoms with Crippen molar-refractivity contribution in [1.29, 1.82) is 0 Å². The number of piperidine rings is 1. The Morgan fingerprint density at radius 2 is 2.30 bits per heavy atom. The van der Waals surface area contributed by atoms with Crippen LogP contribution in [0.25, 0.3) is 0 Å². The van der Waals surface area contributed by atoms with Crippen LogP contribution in [-0.2, 0) is 0 Å². The van der Waals surface area contributed by atoms with E-state index in [0.29, 0.717) is 12.2 Å².